The Labute approximate surface area is 169 Å². The SMILES string of the molecule is CN(C)C(=O)c1ccc2c(c1)OC(C1CC1)c1cc(Nc3cccnc3)ncc1-2. The number of benzene rings is 1. The van der Waals surface area contributed by atoms with Gasteiger partial charge in [0.05, 0.1) is 11.9 Å². The van der Waals surface area contributed by atoms with E-state index in [1.54, 1.807) is 31.4 Å². The van der Waals surface area contributed by atoms with Gasteiger partial charge in [0, 0.05) is 54.7 Å². The molecule has 1 aromatic carbocycles. The maximum atomic E-state index is 12.4. The van der Waals surface area contributed by atoms with Crippen LogP contribution in [0.25, 0.3) is 11.1 Å². The van der Waals surface area contributed by atoms with Gasteiger partial charge in [-0.2, -0.15) is 0 Å². The van der Waals surface area contributed by atoms with Crippen LogP contribution >= 0.6 is 0 Å². The summed E-state index contributed by atoms with van der Waals surface area (Å²) < 4.78 is 6.42. The van der Waals surface area contributed by atoms with Crippen LogP contribution in [0.4, 0.5) is 11.5 Å². The van der Waals surface area contributed by atoms with Crippen LogP contribution in [-0.2, 0) is 0 Å². The number of fused-ring (bicyclic) bond motifs is 3. The van der Waals surface area contributed by atoms with Crippen molar-refractivity contribution < 1.29 is 9.53 Å². The molecule has 5 rings (SSSR count). The summed E-state index contributed by atoms with van der Waals surface area (Å²) in [7, 11) is 3.51. The van der Waals surface area contributed by atoms with Crippen molar-refractivity contribution in [3.8, 4) is 16.9 Å². The van der Waals surface area contributed by atoms with E-state index in [0.29, 0.717) is 11.5 Å². The van der Waals surface area contributed by atoms with Crippen LogP contribution in [-0.4, -0.2) is 34.9 Å². The average Bonchev–Trinajstić information content (AvgIpc) is 3.58. The molecule has 6 heteroatoms. The molecule has 0 bridgehead atoms. The third kappa shape index (κ3) is 3.31. The first-order chi connectivity index (χ1) is 14.1. The number of carbonyl (C=O) groups is 1. The molecule has 1 aliphatic heterocycles. The van der Waals surface area contributed by atoms with Gasteiger partial charge in [0.2, 0.25) is 0 Å². The molecular weight excluding hydrogens is 364 g/mol. The van der Waals surface area contributed by atoms with Crippen LogP contribution < -0.4 is 10.1 Å². The first-order valence-corrected chi connectivity index (χ1v) is 9.80. The molecule has 1 aliphatic carbocycles. The topological polar surface area (TPSA) is 67.3 Å². The molecule has 29 heavy (non-hydrogen) atoms. The van der Waals surface area contributed by atoms with Crippen molar-refractivity contribution in [1.82, 2.24) is 14.9 Å². The maximum Gasteiger partial charge on any atom is 0.253 e. The number of nitrogens with zero attached hydrogens (tertiary/aromatic N) is 3. The van der Waals surface area contributed by atoms with Crippen molar-refractivity contribution in [1.29, 1.82) is 0 Å². The lowest BCUT2D eigenvalue weighted by molar-refractivity contribution is 0.0826. The number of hydrogen-bond donors (Lipinski definition) is 1. The van der Waals surface area contributed by atoms with E-state index >= 15 is 0 Å². The normalized spacial score (nSPS) is 17.0. The summed E-state index contributed by atoms with van der Waals surface area (Å²) in [6.45, 7) is 0. The summed E-state index contributed by atoms with van der Waals surface area (Å²) in [6.07, 6.45) is 7.72. The Balaban J connectivity index is 1.54. The van der Waals surface area contributed by atoms with Crippen molar-refractivity contribution in [2.24, 2.45) is 5.92 Å². The lowest BCUT2D eigenvalue weighted by atomic mass is 9.91. The Morgan fingerprint density at radius 1 is 1.14 bits per heavy atom. The smallest absolute Gasteiger partial charge is 0.253 e. The Hall–Kier alpha value is -3.41. The van der Waals surface area contributed by atoms with E-state index in [1.807, 2.05) is 36.5 Å². The maximum absolute atomic E-state index is 12.4. The Kier molecular flexibility index (Phi) is 4.19. The van der Waals surface area contributed by atoms with E-state index < -0.39 is 0 Å². The van der Waals surface area contributed by atoms with E-state index in [-0.39, 0.29) is 12.0 Å². The first-order valence-electron chi connectivity index (χ1n) is 9.80. The molecule has 146 valence electrons. The predicted molar refractivity (Wildman–Crippen MR) is 111 cm³/mol. The monoisotopic (exact) mass is 386 g/mol. The number of pyridine rings is 2. The minimum atomic E-state index is -0.0284. The molecular formula is C23H22N4O2. The summed E-state index contributed by atoms with van der Waals surface area (Å²) in [4.78, 5) is 22.7. The number of aromatic nitrogens is 2. The van der Waals surface area contributed by atoms with Crippen molar-refractivity contribution in [3.05, 3.63) is 66.1 Å². The quantitative estimate of drug-likeness (QED) is 0.718. The van der Waals surface area contributed by atoms with E-state index in [1.165, 1.54) is 0 Å². The molecule has 1 N–H and O–H groups in total. The summed E-state index contributed by atoms with van der Waals surface area (Å²) in [5.74, 6) is 2.01. The highest BCUT2D eigenvalue weighted by atomic mass is 16.5. The molecule has 1 atom stereocenters. The zero-order chi connectivity index (χ0) is 20.0. The molecule has 3 aromatic rings. The van der Waals surface area contributed by atoms with Crippen molar-refractivity contribution in [2.45, 2.75) is 18.9 Å². The highest BCUT2D eigenvalue weighted by Gasteiger charge is 2.39. The predicted octanol–water partition coefficient (Wildman–Crippen LogP) is 4.43. The van der Waals surface area contributed by atoms with Gasteiger partial charge in [0.15, 0.2) is 0 Å². The van der Waals surface area contributed by atoms with Crippen LogP contribution in [0.3, 0.4) is 0 Å². The summed E-state index contributed by atoms with van der Waals surface area (Å²) >= 11 is 0. The molecule has 2 aromatic heterocycles. The van der Waals surface area contributed by atoms with Crippen molar-refractivity contribution in [2.75, 3.05) is 19.4 Å². The molecule has 0 radical (unpaired) electrons. The summed E-state index contributed by atoms with van der Waals surface area (Å²) in [5, 5.41) is 3.32. The molecule has 1 amide bonds. The lowest BCUT2D eigenvalue weighted by Gasteiger charge is -2.29. The summed E-state index contributed by atoms with van der Waals surface area (Å²) in [6, 6.07) is 11.6. The van der Waals surface area contributed by atoms with Crippen molar-refractivity contribution >= 4 is 17.4 Å². The first kappa shape index (κ1) is 17.7. The molecule has 1 fully saturated rings. The number of rotatable bonds is 4. The number of ether oxygens (including phenoxy) is 1. The molecule has 2 aliphatic rings. The lowest BCUT2D eigenvalue weighted by Crippen LogP contribution is -2.22. The number of carbonyl (C=O) groups excluding carboxylic acids is 1. The van der Waals surface area contributed by atoms with Gasteiger partial charge in [-0.1, -0.05) is 0 Å². The highest BCUT2D eigenvalue weighted by molar-refractivity contribution is 5.95. The molecule has 0 spiro atoms. The second-order valence-corrected chi connectivity index (χ2v) is 7.81. The zero-order valence-corrected chi connectivity index (χ0v) is 16.4. The van der Waals surface area contributed by atoms with Gasteiger partial charge in [-0.3, -0.25) is 9.78 Å². The minimum Gasteiger partial charge on any atom is -0.485 e. The minimum absolute atomic E-state index is 0.0142. The van der Waals surface area contributed by atoms with Gasteiger partial charge < -0.3 is 15.0 Å². The number of amides is 1. The molecule has 6 nitrogen and oxygen atoms in total. The van der Waals surface area contributed by atoms with E-state index in [2.05, 4.69) is 21.4 Å². The third-order valence-corrected chi connectivity index (χ3v) is 5.41. The second kappa shape index (κ2) is 6.88. The zero-order valence-electron chi connectivity index (χ0n) is 16.4. The Bertz CT molecular complexity index is 1080. The molecule has 1 saturated carbocycles. The van der Waals surface area contributed by atoms with E-state index in [0.717, 1.165) is 46.8 Å². The second-order valence-electron chi connectivity index (χ2n) is 7.81. The standard InChI is InChI=1S/C23H22N4O2/c1-27(2)23(28)15-7-8-17-19-13-25-21(26-16-4-3-9-24-12-16)11-18(19)22(14-5-6-14)29-20(17)10-15/h3-4,7-14,22H,5-6H2,1-2H3,(H,25,26). The van der Waals surface area contributed by atoms with Crippen LogP contribution in [0.2, 0.25) is 0 Å². The van der Waals surface area contributed by atoms with Crippen molar-refractivity contribution in [3.63, 3.8) is 0 Å². The number of nitrogens with one attached hydrogen (secondary N) is 1. The molecule has 1 unspecified atom stereocenters. The Morgan fingerprint density at radius 2 is 2.00 bits per heavy atom. The van der Waals surface area contributed by atoms with Gasteiger partial charge in [-0.05, 0) is 49.2 Å². The highest BCUT2D eigenvalue weighted by Crippen LogP contribution is 2.51. The van der Waals surface area contributed by atoms with Crippen LogP contribution in [0.15, 0.2) is 55.0 Å². The fourth-order valence-electron chi connectivity index (χ4n) is 3.77. The van der Waals surface area contributed by atoms with Gasteiger partial charge in [-0.15, -0.1) is 0 Å². The largest absolute Gasteiger partial charge is 0.485 e. The van der Waals surface area contributed by atoms with Gasteiger partial charge in [0.1, 0.15) is 17.7 Å². The van der Waals surface area contributed by atoms with E-state index in [4.69, 9.17) is 4.74 Å². The number of hydrogen-bond acceptors (Lipinski definition) is 5. The third-order valence-electron chi connectivity index (χ3n) is 5.41. The van der Waals surface area contributed by atoms with E-state index in [9.17, 15) is 4.79 Å². The van der Waals surface area contributed by atoms with Crippen LogP contribution in [0.1, 0.15) is 34.9 Å². The Morgan fingerprint density at radius 3 is 2.72 bits per heavy atom. The van der Waals surface area contributed by atoms with Gasteiger partial charge >= 0.3 is 0 Å². The fraction of sp³-hybridized carbons (Fsp3) is 0.261. The fourth-order valence-corrected chi connectivity index (χ4v) is 3.77. The molecule has 0 saturated heterocycles. The van der Waals surface area contributed by atoms with Gasteiger partial charge in [-0.25, -0.2) is 4.98 Å². The average molecular weight is 386 g/mol. The van der Waals surface area contributed by atoms with Crippen LogP contribution in [0.5, 0.6) is 5.75 Å². The number of anilines is 2. The van der Waals surface area contributed by atoms with Gasteiger partial charge in [0.25, 0.3) is 5.91 Å². The summed E-state index contributed by atoms with van der Waals surface area (Å²) in [5.41, 5.74) is 4.73. The van der Waals surface area contributed by atoms with Crippen LogP contribution in [0, 0.1) is 5.92 Å². The molecule has 3 heterocycles.